The number of carbonyl (C=O) groups excluding carboxylic acids is 3. The molecule has 6 nitrogen and oxygen atoms in total. The third kappa shape index (κ3) is 3.20. The van der Waals surface area contributed by atoms with Crippen LogP contribution in [-0.4, -0.2) is 47.7 Å². The number of pyridine rings is 1. The molecule has 0 aliphatic carbocycles. The zero-order valence-corrected chi connectivity index (χ0v) is 11.2. The van der Waals surface area contributed by atoms with E-state index in [1.807, 2.05) is 12.1 Å². The predicted molar refractivity (Wildman–Crippen MR) is 69.7 cm³/mol. The normalized spacial score (nSPS) is 18.1. The van der Waals surface area contributed by atoms with Crippen molar-refractivity contribution >= 4 is 17.7 Å². The summed E-state index contributed by atoms with van der Waals surface area (Å²) in [5, 5.41) is 0. The fraction of sp³-hybridized carbons (Fsp3) is 0.429. The molecule has 1 unspecified atom stereocenters. The van der Waals surface area contributed by atoms with Crippen molar-refractivity contribution in [2.75, 3.05) is 20.2 Å². The summed E-state index contributed by atoms with van der Waals surface area (Å²) in [6.07, 6.45) is 4.25. The van der Waals surface area contributed by atoms with Crippen molar-refractivity contribution in [3.63, 3.8) is 0 Å². The fourth-order valence-electron chi connectivity index (χ4n) is 2.18. The van der Waals surface area contributed by atoms with Crippen molar-refractivity contribution in [2.24, 2.45) is 5.92 Å². The van der Waals surface area contributed by atoms with Gasteiger partial charge < -0.3 is 9.64 Å². The van der Waals surface area contributed by atoms with E-state index in [0.717, 1.165) is 5.56 Å². The number of carbonyl (C=O) groups is 3. The molecule has 1 amide bonds. The maximum Gasteiger partial charge on any atom is 0.318 e. The Balaban J connectivity index is 1.88. The highest BCUT2D eigenvalue weighted by atomic mass is 16.5. The van der Waals surface area contributed by atoms with E-state index >= 15 is 0 Å². The minimum absolute atomic E-state index is 0.00829. The van der Waals surface area contributed by atoms with Crippen LogP contribution in [0, 0.1) is 5.92 Å². The fourth-order valence-corrected chi connectivity index (χ4v) is 2.18. The lowest BCUT2D eigenvalue weighted by Gasteiger charge is -2.14. The minimum atomic E-state index is -0.831. The van der Waals surface area contributed by atoms with Crippen molar-refractivity contribution in [1.29, 1.82) is 0 Å². The van der Waals surface area contributed by atoms with Crippen LogP contribution < -0.4 is 0 Å². The van der Waals surface area contributed by atoms with E-state index in [1.165, 1.54) is 12.0 Å². The first-order valence-electron chi connectivity index (χ1n) is 6.39. The van der Waals surface area contributed by atoms with Gasteiger partial charge in [-0.1, -0.05) is 6.07 Å². The number of ether oxygens (including phenoxy) is 1. The molecule has 0 aromatic carbocycles. The van der Waals surface area contributed by atoms with Gasteiger partial charge in [0.15, 0.2) is 5.78 Å². The van der Waals surface area contributed by atoms with Gasteiger partial charge in [-0.3, -0.25) is 19.4 Å². The van der Waals surface area contributed by atoms with Gasteiger partial charge in [0.05, 0.1) is 13.7 Å². The Kier molecular flexibility index (Phi) is 4.45. The lowest BCUT2D eigenvalue weighted by Crippen LogP contribution is -2.30. The van der Waals surface area contributed by atoms with Gasteiger partial charge in [-0.15, -0.1) is 0 Å². The van der Waals surface area contributed by atoms with E-state index in [1.54, 1.807) is 12.4 Å². The monoisotopic (exact) mass is 276 g/mol. The van der Waals surface area contributed by atoms with E-state index in [2.05, 4.69) is 9.72 Å². The summed E-state index contributed by atoms with van der Waals surface area (Å²) >= 11 is 0. The van der Waals surface area contributed by atoms with Crippen LogP contribution in [0.2, 0.25) is 0 Å². The SMILES string of the molecule is COC(=O)C1CN(C(=O)CCc2cccnc2)CC1=O. The molecular weight excluding hydrogens is 260 g/mol. The van der Waals surface area contributed by atoms with Gasteiger partial charge in [0.1, 0.15) is 5.92 Å². The summed E-state index contributed by atoms with van der Waals surface area (Å²) in [5.74, 6) is -1.79. The van der Waals surface area contributed by atoms with E-state index in [4.69, 9.17) is 0 Å². The number of aryl methyl sites for hydroxylation is 1. The van der Waals surface area contributed by atoms with Gasteiger partial charge in [0.2, 0.25) is 5.91 Å². The van der Waals surface area contributed by atoms with Gasteiger partial charge in [-0.05, 0) is 18.1 Å². The standard InChI is InChI=1S/C14H16N2O4/c1-20-14(19)11-8-16(9-12(11)17)13(18)5-4-10-3-2-6-15-7-10/h2-3,6-7,11H,4-5,8-9H2,1H3. The predicted octanol–water partition coefficient (Wildman–Crippen LogP) is 0.215. The van der Waals surface area contributed by atoms with Gasteiger partial charge in [0.25, 0.3) is 0 Å². The molecule has 1 aromatic heterocycles. The number of methoxy groups -OCH3 is 1. The lowest BCUT2D eigenvalue weighted by molar-refractivity contribution is -0.147. The van der Waals surface area contributed by atoms with Crippen molar-refractivity contribution in [1.82, 2.24) is 9.88 Å². The molecule has 2 heterocycles. The molecule has 0 spiro atoms. The maximum absolute atomic E-state index is 12.0. The highest BCUT2D eigenvalue weighted by Gasteiger charge is 2.38. The summed E-state index contributed by atoms with van der Waals surface area (Å²) in [4.78, 5) is 40.5. The Morgan fingerprint density at radius 3 is 2.95 bits per heavy atom. The second kappa shape index (κ2) is 6.27. The summed E-state index contributed by atoms with van der Waals surface area (Å²) in [7, 11) is 1.24. The summed E-state index contributed by atoms with van der Waals surface area (Å²) in [6.45, 7) is 0.114. The Morgan fingerprint density at radius 2 is 2.30 bits per heavy atom. The molecule has 0 N–H and O–H groups in total. The number of nitrogens with zero attached hydrogens (tertiary/aromatic N) is 2. The molecule has 1 aliphatic heterocycles. The van der Waals surface area contributed by atoms with Crippen LogP contribution in [-0.2, 0) is 25.5 Å². The van der Waals surface area contributed by atoms with Crippen molar-refractivity contribution < 1.29 is 19.1 Å². The molecular formula is C14H16N2O4. The third-order valence-corrected chi connectivity index (χ3v) is 3.33. The van der Waals surface area contributed by atoms with Crippen molar-refractivity contribution in [3.05, 3.63) is 30.1 Å². The molecule has 1 aliphatic rings. The average molecular weight is 276 g/mol. The number of aromatic nitrogens is 1. The second-order valence-electron chi connectivity index (χ2n) is 4.68. The minimum Gasteiger partial charge on any atom is -0.468 e. The van der Waals surface area contributed by atoms with Crippen LogP contribution in [0.5, 0.6) is 0 Å². The van der Waals surface area contributed by atoms with Crippen LogP contribution in [0.4, 0.5) is 0 Å². The van der Waals surface area contributed by atoms with Crippen LogP contribution in [0.1, 0.15) is 12.0 Å². The van der Waals surface area contributed by atoms with Crippen molar-refractivity contribution in [3.8, 4) is 0 Å². The number of Topliss-reactive ketones (excluding diaryl/α,β-unsaturated/α-hetero) is 1. The van der Waals surface area contributed by atoms with Crippen LogP contribution in [0.25, 0.3) is 0 Å². The molecule has 106 valence electrons. The number of amides is 1. The van der Waals surface area contributed by atoms with Crippen molar-refractivity contribution in [2.45, 2.75) is 12.8 Å². The number of hydrogen-bond acceptors (Lipinski definition) is 5. The Labute approximate surface area is 116 Å². The van der Waals surface area contributed by atoms with E-state index in [-0.39, 0.29) is 24.8 Å². The zero-order valence-electron chi connectivity index (χ0n) is 11.2. The first-order valence-corrected chi connectivity index (χ1v) is 6.39. The highest BCUT2D eigenvalue weighted by molar-refractivity contribution is 6.03. The molecule has 0 bridgehead atoms. The zero-order chi connectivity index (χ0) is 14.5. The molecule has 20 heavy (non-hydrogen) atoms. The molecule has 0 radical (unpaired) electrons. The Bertz CT molecular complexity index is 515. The molecule has 1 atom stereocenters. The van der Waals surface area contributed by atoms with Crippen LogP contribution >= 0.6 is 0 Å². The third-order valence-electron chi connectivity index (χ3n) is 3.33. The second-order valence-corrected chi connectivity index (χ2v) is 4.68. The molecule has 1 saturated heterocycles. The summed E-state index contributed by atoms with van der Waals surface area (Å²) in [5.41, 5.74) is 0.968. The number of ketones is 1. The van der Waals surface area contributed by atoms with Gasteiger partial charge >= 0.3 is 5.97 Å². The molecule has 1 aromatic rings. The maximum atomic E-state index is 12.0. The van der Waals surface area contributed by atoms with E-state index in [9.17, 15) is 14.4 Å². The van der Waals surface area contributed by atoms with E-state index in [0.29, 0.717) is 12.8 Å². The van der Waals surface area contributed by atoms with E-state index < -0.39 is 11.9 Å². The quantitative estimate of drug-likeness (QED) is 0.580. The molecule has 1 fully saturated rings. The first-order chi connectivity index (χ1) is 9.61. The van der Waals surface area contributed by atoms with Crippen LogP contribution in [0.15, 0.2) is 24.5 Å². The van der Waals surface area contributed by atoms with Gasteiger partial charge in [-0.2, -0.15) is 0 Å². The summed E-state index contributed by atoms with van der Waals surface area (Å²) in [6, 6.07) is 3.71. The Hall–Kier alpha value is -2.24. The smallest absolute Gasteiger partial charge is 0.318 e. The molecule has 0 saturated carbocycles. The average Bonchev–Trinajstić information content (AvgIpc) is 2.87. The topological polar surface area (TPSA) is 76.6 Å². The number of hydrogen-bond donors (Lipinski definition) is 0. The summed E-state index contributed by atoms with van der Waals surface area (Å²) < 4.78 is 4.56. The highest BCUT2D eigenvalue weighted by Crippen LogP contribution is 2.16. The van der Waals surface area contributed by atoms with Gasteiger partial charge in [0, 0.05) is 25.4 Å². The number of rotatable bonds is 4. The Morgan fingerprint density at radius 1 is 1.50 bits per heavy atom. The van der Waals surface area contributed by atoms with Gasteiger partial charge in [-0.25, -0.2) is 0 Å². The first kappa shape index (κ1) is 14.2. The molecule has 6 heteroatoms. The largest absolute Gasteiger partial charge is 0.468 e. The number of esters is 1. The lowest BCUT2D eigenvalue weighted by atomic mass is 10.1. The van der Waals surface area contributed by atoms with Crippen LogP contribution in [0.3, 0.4) is 0 Å². The molecule has 2 rings (SSSR count). The number of likely N-dealkylation sites (tertiary alicyclic amines) is 1.